The van der Waals surface area contributed by atoms with Gasteiger partial charge in [-0.2, -0.15) is 0 Å². The number of rotatable bonds is 7. The first kappa shape index (κ1) is 16.9. The second-order valence-corrected chi connectivity index (χ2v) is 8.10. The number of sulfonamides is 1. The topological polar surface area (TPSA) is 66.4 Å². The molecule has 0 aliphatic heterocycles. The monoisotopic (exact) mass is 321 g/mol. The van der Waals surface area contributed by atoms with Gasteiger partial charge in [-0.3, -0.25) is 0 Å². The molecule has 0 saturated heterocycles. The zero-order valence-electron chi connectivity index (χ0n) is 13.0. The quantitative estimate of drug-likeness (QED) is 0.771. The highest BCUT2D eigenvalue weighted by Crippen LogP contribution is 2.21. The molecule has 0 aliphatic carbocycles. The van der Waals surface area contributed by atoms with E-state index in [-0.39, 0.29) is 16.9 Å². The van der Waals surface area contributed by atoms with E-state index in [0.717, 1.165) is 17.2 Å². The molecule has 0 atom stereocenters. The highest BCUT2D eigenvalue weighted by molar-refractivity contribution is 7.89. The molecule has 22 heavy (non-hydrogen) atoms. The van der Waals surface area contributed by atoms with Crippen molar-refractivity contribution in [3.8, 4) is 0 Å². The molecule has 5 heteroatoms. The number of fused-ring (bicyclic) bond motifs is 1. The molecule has 4 nitrogen and oxygen atoms in total. The molecule has 0 saturated carbocycles. The smallest absolute Gasteiger partial charge is 0.240 e. The molecule has 2 aromatic rings. The summed E-state index contributed by atoms with van der Waals surface area (Å²) in [4.78, 5) is 0.285. The molecule has 0 amide bonds. The first-order valence-corrected chi connectivity index (χ1v) is 8.92. The van der Waals surface area contributed by atoms with Crippen molar-refractivity contribution in [2.45, 2.75) is 31.6 Å². The van der Waals surface area contributed by atoms with Gasteiger partial charge in [0.05, 0.1) is 4.90 Å². The van der Waals surface area contributed by atoms with E-state index in [4.69, 9.17) is 0 Å². The summed E-state index contributed by atoms with van der Waals surface area (Å²) < 4.78 is 27.2. The molecule has 2 rings (SSSR count). The van der Waals surface area contributed by atoms with Gasteiger partial charge in [0.15, 0.2) is 0 Å². The van der Waals surface area contributed by atoms with E-state index in [1.165, 1.54) is 0 Å². The molecule has 0 unspecified atom stereocenters. The van der Waals surface area contributed by atoms with Crippen LogP contribution in [-0.2, 0) is 10.0 Å². The summed E-state index contributed by atoms with van der Waals surface area (Å²) in [6.45, 7) is 4.40. The fraction of sp³-hybridized carbons (Fsp3) is 0.412. The zero-order valence-corrected chi connectivity index (χ0v) is 13.9. The minimum absolute atomic E-state index is 0.102. The Morgan fingerprint density at radius 2 is 1.77 bits per heavy atom. The molecule has 0 aliphatic rings. The van der Waals surface area contributed by atoms with Crippen LogP contribution in [-0.4, -0.2) is 26.7 Å². The van der Waals surface area contributed by atoms with Crippen LogP contribution in [0.25, 0.3) is 10.8 Å². The van der Waals surface area contributed by atoms with Crippen LogP contribution in [0.15, 0.2) is 47.4 Å². The Kier molecular flexibility index (Phi) is 5.21. The molecule has 0 radical (unpaired) electrons. The Hall–Kier alpha value is -1.43. The molecule has 0 heterocycles. The summed E-state index contributed by atoms with van der Waals surface area (Å²) in [5.74, 6) is 0. The van der Waals surface area contributed by atoms with E-state index < -0.39 is 10.0 Å². The van der Waals surface area contributed by atoms with Crippen LogP contribution < -0.4 is 4.72 Å². The van der Waals surface area contributed by atoms with Crippen molar-refractivity contribution < 1.29 is 13.5 Å². The third-order valence-electron chi connectivity index (χ3n) is 3.78. The van der Waals surface area contributed by atoms with Gasteiger partial charge in [-0.1, -0.05) is 44.2 Å². The summed E-state index contributed by atoms with van der Waals surface area (Å²) in [5.41, 5.74) is -0.172. The Balaban J connectivity index is 2.03. The second-order valence-electron chi connectivity index (χ2n) is 6.33. The SMILES string of the molecule is CC(C)(CO)CCCNS(=O)(=O)c1ccc2ccccc2c1. The number of benzene rings is 2. The van der Waals surface area contributed by atoms with Gasteiger partial charge >= 0.3 is 0 Å². The molecular weight excluding hydrogens is 298 g/mol. The van der Waals surface area contributed by atoms with Gasteiger partial charge in [-0.15, -0.1) is 0 Å². The van der Waals surface area contributed by atoms with Crippen molar-refractivity contribution in [1.82, 2.24) is 4.72 Å². The molecule has 0 aromatic heterocycles. The largest absolute Gasteiger partial charge is 0.396 e. The van der Waals surface area contributed by atoms with Gasteiger partial charge in [0, 0.05) is 13.2 Å². The van der Waals surface area contributed by atoms with Crippen molar-refractivity contribution in [3.05, 3.63) is 42.5 Å². The maximum atomic E-state index is 12.3. The van der Waals surface area contributed by atoms with E-state index in [9.17, 15) is 13.5 Å². The van der Waals surface area contributed by atoms with Gasteiger partial charge in [-0.05, 0) is 41.2 Å². The highest BCUT2D eigenvalue weighted by Gasteiger charge is 2.17. The van der Waals surface area contributed by atoms with E-state index >= 15 is 0 Å². The van der Waals surface area contributed by atoms with E-state index in [0.29, 0.717) is 13.0 Å². The molecule has 120 valence electrons. The minimum Gasteiger partial charge on any atom is -0.396 e. The summed E-state index contributed by atoms with van der Waals surface area (Å²) in [6.07, 6.45) is 1.46. The summed E-state index contributed by atoms with van der Waals surface area (Å²) in [5, 5.41) is 11.1. The summed E-state index contributed by atoms with van der Waals surface area (Å²) in [6, 6.07) is 12.8. The van der Waals surface area contributed by atoms with E-state index in [1.807, 2.05) is 44.2 Å². The first-order chi connectivity index (χ1) is 10.3. The lowest BCUT2D eigenvalue weighted by Gasteiger charge is -2.21. The maximum Gasteiger partial charge on any atom is 0.240 e. The summed E-state index contributed by atoms with van der Waals surface area (Å²) >= 11 is 0. The van der Waals surface area contributed by atoms with E-state index in [1.54, 1.807) is 12.1 Å². The first-order valence-electron chi connectivity index (χ1n) is 7.43. The van der Waals surface area contributed by atoms with Crippen LogP contribution in [0.2, 0.25) is 0 Å². The Bertz CT molecular complexity index is 738. The zero-order chi connectivity index (χ0) is 16.2. The Morgan fingerprint density at radius 3 is 2.45 bits per heavy atom. The molecule has 0 fully saturated rings. The highest BCUT2D eigenvalue weighted by atomic mass is 32.2. The molecule has 0 spiro atoms. The predicted octanol–water partition coefficient (Wildman–Crippen LogP) is 2.92. The fourth-order valence-corrected chi connectivity index (χ4v) is 3.38. The lowest BCUT2D eigenvalue weighted by molar-refractivity contribution is 0.148. The van der Waals surface area contributed by atoms with Crippen LogP contribution >= 0.6 is 0 Å². The van der Waals surface area contributed by atoms with Crippen LogP contribution in [0.1, 0.15) is 26.7 Å². The fourth-order valence-electron chi connectivity index (χ4n) is 2.27. The Morgan fingerprint density at radius 1 is 1.09 bits per heavy atom. The van der Waals surface area contributed by atoms with Crippen molar-refractivity contribution in [1.29, 1.82) is 0 Å². The number of aliphatic hydroxyl groups excluding tert-OH is 1. The average molecular weight is 321 g/mol. The summed E-state index contributed by atoms with van der Waals surface area (Å²) in [7, 11) is -3.49. The number of hydrogen-bond donors (Lipinski definition) is 2. The molecular formula is C17H23NO3S. The third kappa shape index (κ3) is 4.29. The average Bonchev–Trinajstić information content (AvgIpc) is 2.51. The van der Waals surface area contributed by atoms with Crippen LogP contribution in [0.4, 0.5) is 0 Å². The predicted molar refractivity (Wildman–Crippen MR) is 89.2 cm³/mol. The number of aliphatic hydroxyl groups is 1. The molecule has 0 bridgehead atoms. The van der Waals surface area contributed by atoms with Crippen LogP contribution in [0.3, 0.4) is 0 Å². The van der Waals surface area contributed by atoms with Crippen molar-refractivity contribution >= 4 is 20.8 Å². The Labute approximate surface area is 132 Å². The van der Waals surface area contributed by atoms with Crippen molar-refractivity contribution in [2.75, 3.05) is 13.2 Å². The number of hydrogen-bond acceptors (Lipinski definition) is 3. The third-order valence-corrected chi connectivity index (χ3v) is 5.24. The molecule has 2 aromatic carbocycles. The lowest BCUT2D eigenvalue weighted by atomic mass is 9.89. The maximum absolute atomic E-state index is 12.3. The standard InChI is InChI=1S/C17H23NO3S/c1-17(2,13-19)10-5-11-18-22(20,21)16-9-8-14-6-3-4-7-15(14)12-16/h3-4,6-9,12,18-19H,5,10-11,13H2,1-2H3. The van der Waals surface area contributed by atoms with Gasteiger partial charge in [0.25, 0.3) is 0 Å². The van der Waals surface area contributed by atoms with Crippen LogP contribution in [0.5, 0.6) is 0 Å². The molecule has 2 N–H and O–H groups in total. The minimum atomic E-state index is -3.49. The normalized spacial score (nSPS) is 12.7. The van der Waals surface area contributed by atoms with Gasteiger partial charge in [0.1, 0.15) is 0 Å². The number of nitrogens with one attached hydrogen (secondary N) is 1. The lowest BCUT2D eigenvalue weighted by Crippen LogP contribution is -2.26. The van der Waals surface area contributed by atoms with Crippen LogP contribution in [0, 0.1) is 5.41 Å². The van der Waals surface area contributed by atoms with Crippen molar-refractivity contribution in [2.24, 2.45) is 5.41 Å². The van der Waals surface area contributed by atoms with Gasteiger partial charge in [0.2, 0.25) is 10.0 Å². The van der Waals surface area contributed by atoms with Gasteiger partial charge in [-0.25, -0.2) is 13.1 Å². The second kappa shape index (κ2) is 6.77. The van der Waals surface area contributed by atoms with Crippen molar-refractivity contribution in [3.63, 3.8) is 0 Å². The van der Waals surface area contributed by atoms with E-state index in [2.05, 4.69) is 4.72 Å². The van der Waals surface area contributed by atoms with Gasteiger partial charge < -0.3 is 5.11 Å².